The highest BCUT2D eigenvalue weighted by molar-refractivity contribution is 5.97. The molecule has 0 aliphatic rings. The molecule has 0 bridgehead atoms. The minimum absolute atomic E-state index is 0. The smallest absolute Gasteiger partial charge is 0.252 e. The highest BCUT2D eigenvalue weighted by Gasteiger charge is 2.09. The zero-order chi connectivity index (χ0) is 13.1. The van der Waals surface area contributed by atoms with Crippen LogP contribution in [0, 0.1) is 6.92 Å². The van der Waals surface area contributed by atoms with Crippen LogP contribution in [0.1, 0.15) is 29.4 Å². The maximum Gasteiger partial charge on any atom is 0.252 e. The molecule has 1 atom stereocenters. The highest BCUT2D eigenvalue weighted by atomic mass is 35.5. The molecule has 0 aromatic carbocycles. The molecule has 4 N–H and O–H groups in total. The van der Waals surface area contributed by atoms with E-state index in [0.717, 1.165) is 17.5 Å². The molecule has 0 saturated carbocycles. The summed E-state index contributed by atoms with van der Waals surface area (Å²) in [6.45, 7) is 4.38. The van der Waals surface area contributed by atoms with Crippen LogP contribution in [0.15, 0.2) is 12.3 Å². The van der Waals surface area contributed by atoms with E-state index in [1.807, 2.05) is 13.8 Å². The number of nitrogens with zero attached hydrogens (tertiary/aromatic N) is 2. The number of carbonyl (C=O) groups is 1. The molecule has 2 heterocycles. The van der Waals surface area contributed by atoms with Crippen molar-refractivity contribution in [2.75, 3.05) is 6.54 Å². The van der Waals surface area contributed by atoms with Crippen LogP contribution in [-0.4, -0.2) is 33.7 Å². The number of aromatic nitrogens is 3. The maximum absolute atomic E-state index is 11.9. The SMILES string of the molecule is Cc1[nH]nc2ncc(C(=O)NCCC(C)N)cc12.Cl.Cl. The predicted molar refractivity (Wildman–Crippen MR) is 83.7 cm³/mol. The summed E-state index contributed by atoms with van der Waals surface area (Å²) in [7, 11) is 0. The normalized spacial score (nSPS) is 11.3. The van der Waals surface area contributed by atoms with Crippen LogP contribution >= 0.6 is 24.8 Å². The standard InChI is InChI=1S/C12H17N5O.2ClH/c1-7(13)3-4-14-12(18)9-5-10-8(2)16-17-11(10)15-6-9;;/h5-7H,3-4,13H2,1-2H3,(H,14,18)(H,15,16,17);2*1H. The summed E-state index contributed by atoms with van der Waals surface area (Å²) in [5.41, 5.74) is 7.69. The van der Waals surface area contributed by atoms with E-state index in [1.54, 1.807) is 6.07 Å². The van der Waals surface area contributed by atoms with Crippen LogP contribution in [0.2, 0.25) is 0 Å². The number of amides is 1. The molecule has 0 fully saturated rings. The molecular weight excluding hydrogens is 301 g/mol. The molecule has 6 nitrogen and oxygen atoms in total. The van der Waals surface area contributed by atoms with Gasteiger partial charge in [-0.3, -0.25) is 9.89 Å². The molecule has 2 aromatic rings. The van der Waals surface area contributed by atoms with Crippen molar-refractivity contribution in [2.45, 2.75) is 26.3 Å². The Kier molecular flexibility index (Phi) is 7.49. The van der Waals surface area contributed by atoms with Gasteiger partial charge in [0.2, 0.25) is 0 Å². The zero-order valence-electron chi connectivity index (χ0n) is 11.3. The number of halogens is 2. The average Bonchev–Trinajstić information content (AvgIpc) is 2.70. The van der Waals surface area contributed by atoms with Gasteiger partial charge in [-0.25, -0.2) is 4.98 Å². The largest absolute Gasteiger partial charge is 0.352 e. The molecule has 0 aliphatic heterocycles. The van der Waals surface area contributed by atoms with E-state index in [2.05, 4.69) is 20.5 Å². The Bertz CT molecular complexity index is 570. The average molecular weight is 320 g/mol. The van der Waals surface area contributed by atoms with Gasteiger partial charge < -0.3 is 11.1 Å². The van der Waals surface area contributed by atoms with E-state index in [0.29, 0.717) is 17.8 Å². The Balaban J connectivity index is 0.00000180. The van der Waals surface area contributed by atoms with Crippen LogP contribution in [0.4, 0.5) is 0 Å². The third-order valence-corrected chi connectivity index (χ3v) is 2.75. The summed E-state index contributed by atoms with van der Waals surface area (Å²) in [6, 6.07) is 1.88. The van der Waals surface area contributed by atoms with Crippen molar-refractivity contribution >= 4 is 41.8 Å². The fourth-order valence-corrected chi connectivity index (χ4v) is 1.66. The van der Waals surface area contributed by atoms with E-state index in [9.17, 15) is 4.79 Å². The summed E-state index contributed by atoms with van der Waals surface area (Å²) < 4.78 is 0. The molecule has 2 rings (SSSR count). The first-order valence-electron chi connectivity index (χ1n) is 5.92. The number of H-pyrrole nitrogens is 1. The molecule has 2 aromatic heterocycles. The second kappa shape index (κ2) is 8.04. The summed E-state index contributed by atoms with van der Waals surface area (Å²) in [6.07, 6.45) is 2.29. The summed E-state index contributed by atoms with van der Waals surface area (Å²) in [5, 5.41) is 10.5. The summed E-state index contributed by atoms with van der Waals surface area (Å²) >= 11 is 0. The number of hydrogen-bond acceptors (Lipinski definition) is 4. The molecule has 0 saturated heterocycles. The first kappa shape index (κ1) is 18.6. The first-order valence-corrected chi connectivity index (χ1v) is 5.92. The minimum Gasteiger partial charge on any atom is -0.352 e. The number of fused-ring (bicyclic) bond motifs is 1. The number of pyridine rings is 1. The fraction of sp³-hybridized carbons (Fsp3) is 0.417. The van der Waals surface area contributed by atoms with Gasteiger partial charge in [-0.15, -0.1) is 24.8 Å². The lowest BCUT2D eigenvalue weighted by Crippen LogP contribution is -2.29. The Morgan fingerprint density at radius 1 is 1.50 bits per heavy atom. The Morgan fingerprint density at radius 2 is 2.20 bits per heavy atom. The molecule has 8 heteroatoms. The van der Waals surface area contributed by atoms with Crippen molar-refractivity contribution in [2.24, 2.45) is 5.73 Å². The van der Waals surface area contributed by atoms with Crippen LogP contribution in [-0.2, 0) is 0 Å². The summed E-state index contributed by atoms with van der Waals surface area (Å²) in [4.78, 5) is 16.0. The highest BCUT2D eigenvalue weighted by Crippen LogP contribution is 2.14. The maximum atomic E-state index is 11.9. The van der Waals surface area contributed by atoms with E-state index in [4.69, 9.17) is 5.73 Å². The van der Waals surface area contributed by atoms with Gasteiger partial charge in [-0.05, 0) is 26.3 Å². The number of nitrogens with one attached hydrogen (secondary N) is 2. The first-order chi connectivity index (χ1) is 8.58. The molecule has 0 spiro atoms. The number of nitrogens with two attached hydrogens (primary N) is 1. The van der Waals surface area contributed by atoms with Crippen LogP contribution < -0.4 is 11.1 Å². The Labute approximate surface area is 129 Å². The lowest BCUT2D eigenvalue weighted by molar-refractivity contribution is 0.0952. The van der Waals surface area contributed by atoms with Gasteiger partial charge in [0.05, 0.1) is 5.56 Å². The number of rotatable bonds is 4. The number of carbonyl (C=O) groups excluding carboxylic acids is 1. The predicted octanol–water partition coefficient (Wildman–Crippen LogP) is 1.58. The second-order valence-electron chi connectivity index (χ2n) is 4.47. The molecule has 1 amide bonds. The van der Waals surface area contributed by atoms with E-state index in [-0.39, 0.29) is 36.8 Å². The van der Waals surface area contributed by atoms with Gasteiger partial charge in [0.1, 0.15) is 0 Å². The minimum atomic E-state index is -0.134. The zero-order valence-corrected chi connectivity index (χ0v) is 13.0. The van der Waals surface area contributed by atoms with Crippen LogP contribution in [0.3, 0.4) is 0 Å². The quantitative estimate of drug-likeness (QED) is 0.797. The number of hydrogen-bond donors (Lipinski definition) is 3. The van der Waals surface area contributed by atoms with Gasteiger partial charge in [-0.2, -0.15) is 5.10 Å². The molecule has 1 unspecified atom stereocenters. The van der Waals surface area contributed by atoms with Gasteiger partial charge in [0, 0.05) is 29.9 Å². The third-order valence-electron chi connectivity index (χ3n) is 2.75. The third kappa shape index (κ3) is 4.33. The molecule has 0 aliphatic carbocycles. The van der Waals surface area contributed by atoms with Crippen molar-refractivity contribution in [3.05, 3.63) is 23.5 Å². The number of aryl methyl sites for hydroxylation is 1. The Morgan fingerprint density at radius 3 is 2.85 bits per heavy atom. The van der Waals surface area contributed by atoms with Crippen molar-refractivity contribution in [1.82, 2.24) is 20.5 Å². The van der Waals surface area contributed by atoms with Crippen molar-refractivity contribution in [3.8, 4) is 0 Å². The van der Waals surface area contributed by atoms with Gasteiger partial charge >= 0.3 is 0 Å². The molecule has 20 heavy (non-hydrogen) atoms. The van der Waals surface area contributed by atoms with Crippen molar-refractivity contribution in [1.29, 1.82) is 0 Å². The topological polar surface area (TPSA) is 96.7 Å². The second-order valence-corrected chi connectivity index (χ2v) is 4.47. The summed E-state index contributed by atoms with van der Waals surface area (Å²) in [5.74, 6) is -0.134. The molecule has 112 valence electrons. The van der Waals surface area contributed by atoms with Gasteiger partial charge in [-0.1, -0.05) is 0 Å². The monoisotopic (exact) mass is 319 g/mol. The van der Waals surface area contributed by atoms with Gasteiger partial charge in [0.25, 0.3) is 5.91 Å². The Hall–Kier alpha value is -1.37. The van der Waals surface area contributed by atoms with Gasteiger partial charge in [0.15, 0.2) is 5.65 Å². The van der Waals surface area contributed by atoms with Crippen molar-refractivity contribution in [3.63, 3.8) is 0 Å². The van der Waals surface area contributed by atoms with E-state index >= 15 is 0 Å². The van der Waals surface area contributed by atoms with Crippen molar-refractivity contribution < 1.29 is 4.79 Å². The molecular formula is C12H19Cl2N5O. The van der Waals surface area contributed by atoms with Crippen LogP contribution in [0.25, 0.3) is 11.0 Å². The van der Waals surface area contributed by atoms with Crippen LogP contribution in [0.5, 0.6) is 0 Å². The fourth-order valence-electron chi connectivity index (χ4n) is 1.66. The number of aromatic amines is 1. The lowest BCUT2D eigenvalue weighted by Gasteiger charge is -2.07. The molecule has 0 radical (unpaired) electrons. The lowest BCUT2D eigenvalue weighted by atomic mass is 10.2. The van der Waals surface area contributed by atoms with E-state index in [1.165, 1.54) is 6.20 Å². The van der Waals surface area contributed by atoms with E-state index < -0.39 is 0 Å².